The average Bonchev–Trinajstić information content (AvgIpc) is 3.00. The molecule has 2 saturated heterocycles. The Labute approximate surface area is 136 Å². The van der Waals surface area contributed by atoms with Crippen molar-refractivity contribution in [2.45, 2.75) is 32.7 Å². The highest BCUT2D eigenvalue weighted by molar-refractivity contribution is 8.14. The summed E-state index contributed by atoms with van der Waals surface area (Å²) in [5.41, 5.74) is 0.774. The number of nitrogens with zero attached hydrogens (tertiary/aromatic N) is 3. The Morgan fingerprint density at radius 2 is 1.91 bits per heavy atom. The van der Waals surface area contributed by atoms with E-state index >= 15 is 0 Å². The smallest absolute Gasteiger partial charge is 0.289 e. The van der Waals surface area contributed by atoms with Gasteiger partial charge in [0, 0.05) is 19.1 Å². The minimum Gasteiger partial charge on any atom is -0.338 e. The fourth-order valence-corrected chi connectivity index (χ4v) is 4.58. The Kier molecular flexibility index (Phi) is 4.22. The number of aryl methyl sites for hydroxylation is 2. The number of amides is 3. The SMILES string of the molecule is Cc1nc(C)c(C(=O)N2CCC(N3C(=O)CSC3=O)CC2)s1. The summed E-state index contributed by atoms with van der Waals surface area (Å²) >= 11 is 2.48. The number of likely N-dealkylation sites (tertiary alicyclic amines) is 1. The van der Waals surface area contributed by atoms with Gasteiger partial charge in [-0.2, -0.15) is 0 Å². The fourth-order valence-electron chi connectivity index (χ4n) is 2.92. The van der Waals surface area contributed by atoms with E-state index in [4.69, 9.17) is 0 Å². The Balaban J connectivity index is 1.64. The minimum absolute atomic E-state index is 0.00926. The lowest BCUT2D eigenvalue weighted by molar-refractivity contribution is -0.126. The topological polar surface area (TPSA) is 70.6 Å². The predicted octanol–water partition coefficient (Wildman–Crippen LogP) is 2.06. The molecule has 2 aliphatic heterocycles. The molecule has 3 amide bonds. The van der Waals surface area contributed by atoms with E-state index in [1.54, 1.807) is 4.90 Å². The molecule has 0 radical (unpaired) electrons. The molecular weight excluding hydrogens is 322 g/mol. The number of piperidine rings is 1. The van der Waals surface area contributed by atoms with Gasteiger partial charge in [0.1, 0.15) is 4.88 Å². The molecule has 0 spiro atoms. The van der Waals surface area contributed by atoms with Crippen LogP contribution in [0.4, 0.5) is 4.79 Å². The van der Waals surface area contributed by atoms with Crippen LogP contribution < -0.4 is 0 Å². The number of imide groups is 1. The van der Waals surface area contributed by atoms with Crippen LogP contribution in [-0.2, 0) is 4.79 Å². The Hall–Kier alpha value is -1.41. The summed E-state index contributed by atoms with van der Waals surface area (Å²) in [4.78, 5) is 44.2. The van der Waals surface area contributed by atoms with Crippen LogP contribution in [0.2, 0.25) is 0 Å². The van der Waals surface area contributed by atoms with E-state index in [0.717, 1.165) is 22.5 Å². The molecule has 0 N–H and O–H groups in total. The maximum absolute atomic E-state index is 12.5. The van der Waals surface area contributed by atoms with Crippen molar-refractivity contribution in [3.8, 4) is 0 Å². The van der Waals surface area contributed by atoms with Crippen molar-refractivity contribution in [3.63, 3.8) is 0 Å². The van der Waals surface area contributed by atoms with Gasteiger partial charge in [-0.05, 0) is 26.7 Å². The van der Waals surface area contributed by atoms with E-state index in [1.807, 2.05) is 13.8 Å². The molecule has 22 heavy (non-hydrogen) atoms. The summed E-state index contributed by atoms with van der Waals surface area (Å²) in [7, 11) is 0. The van der Waals surface area contributed by atoms with Crippen LogP contribution in [0.15, 0.2) is 0 Å². The quantitative estimate of drug-likeness (QED) is 0.825. The second kappa shape index (κ2) is 6.00. The first-order chi connectivity index (χ1) is 10.5. The summed E-state index contributed by atoms with van der Waals surface area (Å²) in [6, 6.07) is -0.0663. The van der Waals surface area contributed by atoms with Gasteiger partial charge < -0.3 is 4.90 Å². The van der Waals surface area contributed by atoms with Crippen molar-refractivity contribution in [2.24, 2.45) is 0 Å². The zero-order valence-corrected chi connectivity index (χ0v) is 14.1. The highest BCUT2D eigenvalue weighted by Gasteiger charge is 2.38. The molecule has 0 atom stereocenters. The molecule has 118 valence electrons. The number of carbonyl (C=O) groups is 3. The molecular formula is C14H17N3O3S2. The minimum atomic E-state index is -0.149. The summed E-state index contributed by atoms with van der Waals surface area (Å²) in [6.07, 6.45) is 1.31. The van der Waals surface area contributed by atoms with Gasteiger partial charge >= 0.3 is 0 Å². The Bertz CT molecular complexity index is 619. The lowest BCUT2D eigenvalue weighted by Gasteiger charge is -2.35. The molecule has 1 aromatic heterocycles. The van der Waals surface area contributed by atoms with E-state index in [1.165, 1.54) is 16.2 Å². The largest absolute Gasteiger partial charge is 0.338 e. The first-order valence-corrected chi connectivity index (χ1v) is 8.99. The number of hydrogen-bond donors (Lipinski definition) is 0. The molecule has 0 bridgehead atoms. The fraction of sp³-hybridized carbons (Fsp3) is 0.571. The van der Waals surface area contributed by atoms with Crippen molar-refractivity contribution in [3.05, 3.63) is 15.6 Å². The van der Waals surface area contributed by atoms with Crippen LogP contribution in [0.1, 0.15) is 33.2 Å². The first kappa shape index (κ1) is 15.5. The van der Waals surface area contributed by atoms with Crippen molar-refractivity contribution in [1.82, 2.24) is 14.8 Å². The van der Waals surface area contributed by atoms with E-state index in [9.17, 15) is 14.4 Å². The normalized spacial score (nSPS) is 20.1. The number of hydrogen-bond acceptors (Lipinski definition) is 6. The molecule has 8 heteroatoms. The molecule has 1 aromatic rings. The molecule has 0 unspecified atom stereocenters. The van der Waals surface area contributed by atoms with Gasteiger partial charge in [0.2, 0.25) is 5.91 Å². The van der Waals surface area contributed by atoms with Gasteiger partial charge in [-0.1, -0.05) is 11.8 Å². The highest BCUT2D eigenvalue weighted by Crippen LogP contribution is 2.28. The second-order valence-electron chi connectivity index (χ2n) is 5.49. The van der Waals surface area contributed by atoms with Crippen LogP contribution in [-0.4, -0.2) is 56.7 Å². The van der Waals surface area contributed by atoms with Gasteiger partial charge in [-0.15, -0.1) is 11.3 Å². The van der Waals surface area contributed by atoms with Gasteiger partial charge in [-0.25, -0.2) is 4.98 Å². The summed E-state index contributed by atoms with van der Waals surface area (Å²) < 4.78 is 0. The number of rotatable bonds is 2. The number of carbonyl (C=O) groups excluding carboxylic acids is 3. The zero-order chi connectivity index (χ0) is 15.9. The average molecular weight is 339 g/mol. The number of thioether (sulfide) groups is 1. The Morgan fingerprint density at radius 3 is 2.41 bits per heavy atom. The van der Waals surface area contributed by atoms with Crippen LogP contribution in [0.3, 0.4) is 0 Å². The summed E-state index contributed by atoms with van der Waals surface area (Å²) in [5.74, 6) is 0.154. The van der Waals surface area contributed by atoms with Crippen LogP contribution in [0, 0.1) is 13.8 Å². The van der Waals surface area contributed by atoms with Crippen molar-refractivity contribution in [2.75, 3.05) is 18.8 Å². The van der Waals surface area contributed by atoms with Gasteiger partial charge in [0.15, 0.2) is 0 Å². The molecule has 3 heterocycles. The van der Waals surface area contributed by atoms with Crippen molar-refractivity contribution >= 4 is 40.2 Å². The standard InChI is InChI=1S/C14H17N3O3S2/c1-8-12(22-9(2)15-8)13(19)16-5-3-10(4-6-16)17-11(18)7-21-14(17)20/h10H,3-7H2,1-2H3. The third-order valence-electron chi connectivity index (χ3n) is 4.00. The van der Waals surface area contributed by atoms with E-state index < -0.39 is 0 Å². The second-order valence-corrected chi connectivity index (χ2v) is 7.62. The summed E-state index contributed by atoms with van der Waals surface area (Å²) in [5, 5.41) is 0.740. The molecule has 0 aliphatic carbocycles. The van der Waals surface area contributed by atoms with E-state index in [2.05, 4.69) is 4.98 Å². The van der Waals surface area contributed by atoms with Gasteiger partial charge in [0.05, 0.1) is 16.5 Å². The van der Waals surface area contributed by atoms with E-state index in [-0.39, 0.29) is 28.8 Å². The summed E-state index contributed by atoms with van der Waals surface area (Å²) in [6.45, 7) is 4.88. The lowest BCUT2D eigenvalue weighted by Crippen LogP contribution is -2.48. The molecule has 0 aromatic carbocycles. The van der Waals surface area contributed by atoms with Crippen molar-refractivity contribution < 1.29 is 14.4 Å². The third-order valence-corrected chi connectivity index (χ3v) is 5.89. The molecule has 2 fully saturated rings. The molecule has 0 saturated carbocycles. The number of aromatic nitrogens is 1. The van der Waals surface area contributed by atoms with Crippen LogP contribution in [0.25, 0.3) is 0 Å². The monoisotopic (exact) mass is 339 g/mol. The maximum atomic E-state index is 12.5. The highest BCUT2D eigenvalue weighted by atomic mass is 32.2. The molecule has 3 rings (SSSR count). The van der Waals surface area contributed by atoms with Crippen LogP contribution >= 0.6 is 23.1 Å². The zero-order valence-electron chi connectivity index (χ0n) is 12.5. The van der Waals surface area contributed by atoms with Gasteiger partial charge in [-0.3, -0.25) is 19.3 Å². The van der Waals surface area contributed by atoms with Crippen LogP contribution in [0.5, 0.6) is 0 Å². The molecule has 2 aliphatic rings. The van der Waals surface area contributed by atoms with Crippen molar-refractivity contribution in [1.29, 1.82) is 0 Å². The van der Waals surface area contributed by atoms with Gasteiger partial charge in [0.25, 0.3) is 11.1 Å². The number of thiazole rings is 1. The predicted molar refractivity (Wildman–Crippen MR) is 85.2 cm³/mol. The molecule has 6 nitrogen and oxygen atoms in total. The maximum Gasteiger partial charge on any atom is 0.289 e. The first-order valence-electron chi connectivity index (χ1n) is 7.19. The van der Waals surface area contributed by atoms with E-state index in [0.29, 0.717) is 30.8 Å². The third kappa shape index (κ3) is 2.77. The Morgan fingerprint density at radius 1 is 1.23 bits per heavy atom. The lowest BCUT2D eigenvalue weighted by atomic mass is 10.0.